The zero-order chi connectivity index (χ0) is 23.9. The highest BCUT2D eigenvalue weighted by Gasteiger charge is 2.11. The van der Waals surface area contributed by atoms with E-state index in [1.54, 1.807) is 13.2 Å². The highest BCUT2D eigenvalue weighted by molar-refractivity contribution is 8.00. The molecule has 0 unspecified atom stereocenters. The van der Waals surface area contributed by atoms with E-state index < -0.39 is 0 Å². The minimum Gasteiger partial charge on any atom is -0.497 e. The van der Waals surface area contributed by atoms with Crippen molar-refractivity contribution in [2.45, 2.75) is 6.54 Å². The largest absolute Gasteiger partial charge is 0.497 e. The molecule has 7 nitrogen and oxygen atoms in total. The van der Waals surface area contributed by atoms with E-state index in [0.29, 0.717) is 16.5 Å². The van der Waals surface area contributed by atoms with E-state index in [2.05, 4.69) is 21.9 Å². The molecule has 0 aliphatic heterocycles. The lowest BCUT2D eigenvalue weighted by atomic mass is 10.2. The summed E-state index contributed by atoms with van der Waals surface area (Å²) in [6, 6.07) is 15.5. The van der Waals surface area contributed by atoms with Crippen molar-refractivity contribution in [3.63, 3.8) is 0 Å². The lowest BCUT2D eigenvalue weighted by Crippen LogP contribution is -2.18. The molecular weight excluding hydrogens is 488 g/mol. The molecule has 0 radical (unpaired) electrons. The first-order valence-corrected chi connectivity index (χ1v) is 13.2. The Balaban J connectivity index is 1.35. The van der Waals surface area contributed by atoms with Crippen LogP contribution in [-0.2, 0) is 16.1 Å². The highest BCUT2D eigenvalue weighted by Crippen LogP contribution is 2.25. The number of hydrogen-bond donors (Lipinski definition) is 1. The molecule has 174 valence electrons. The number of thioether (sulfide) groups is 1. The summed E-state index contributed by atoms with van der Waals surface area (Å²) in [4.78, 5) is 34.1. The smallest absolute Gasteiger partial charge is 0.258 e. The molecule has 0 aliphatic carbocycles. The molecule has 0 spiro atoms. The van der Waals surface area contributed by atoms with Gasteiger partial charge in [0.05, 0.1) is 34.5 Å². The zero-order valence-electron chi connectivity index (χ0n) is 18.4. The van der Waals surface area contributed by atoms with E-state index in [1.807, 2.05) is 58.5 Å². The Bertz CT molecular complexity index is 1390. The minimum atomic E-state index is -0.297. The van der Waals surface area contributed by atoms with Crippen LogP contribution in [0.3, 0.4) is 0 Å². The predicted molar refractivity (Wildman–Crippen MR) is 141 cm³/mol. The maximum absolute atomic E-state index is 12.5. The summed E-state index contributed by atoms with van der Waals surface area (Å²) >= 11 is 4.00. The van der Waals surface area contributed by atoms with Crippen molar-refractivity contribution in [2.75, 3.05) is 23.9 Å². The molecule has 4 aromatic rings. The number of ether oxygens (including phenoxy) is 1. The first kappa shape index (κ1) is 23.9. The van der Waals surface area contributed by atoms with Gasteiger partial charge in [-0.05, 0) is 18.2 Å². The van der Waals surface area contributed by atoms with Crippen molar-refractivity contribution in [3.8, 4) is 17.0 Å². The predicted octanol–water partition coefficient (Wildman–Crippen LogP) is 4.82. The molecule has 0 saturated carbocycles. The molecule has 0 bridgehead atoms. The molecule has 0 atom stereocenters. The number of amides is 2. The van der Waals surface area contributed by atoms with E-state index in [9.17, 15) is 9.59 Å². The van der Waals surface area contributed by atoms with Crippen molar-refractivity contribution in [1.29, 1.82) is 0 Å². The van der Waals surface area contributed by atoms with Crippen molar-refractivity contribution >= 4 is 61.6 Å². The van der Waals surface area contributed by atoms with Gasteiger partial charge in [-0.3, -0.25) is 9.59 Å². The van der Waals surface area contributed by atoms with Crippen LogP contribution >= 0.6 is 34.4 Å². The van der Waals surface area contributed by atoms with Crippen LogP contribution in [0.1, 0.15) is 0 Å². The van der Waals surface area contributed by atoms with E-state index in [1.165, 1.54) is 34.4 Å². The van der Waals surface area contributed by atoms with Gasteiger partial charge in [-0.1, -0.05) is 47.7 Å². The number of hydrogen-bond acceptors (Lipinski definition) is 7. The first-order chi connectivity index (χ1) is 16.6. The molecule has 2 amide bonds. The molecule has 0 fully saturated rings. The number of benzene rings is 2. The second kappa shape index (κ2) is 11.3. The van der Waals surface area contributed by atoms with Crippen molar-refractivity contribution in [3.05, 3.63) is 71.4 Å². The van der Waals surface area contributed by atoms with Crippen LogP contribution in [-0.4, -0.2) is 40.0 Å². The highest BCUT2D eigenvalue weighted by atomic mass is 32.2. The molecule has 0 saturated heterocycles. The number of carbonyl (C=O) groups is 2. The number of carbonyl (C=O) groups excluding carboxylic acids is 2. The molecule has 34 heavy (non-hydrogen) atoms. The molecule has 2 aromatic heterocycles. The number of thiazole rings is 2. The van der Waals surface area contributed by atoms with Gasteiger partial charge in [0, 0.05) is 17.5 Å². The van der Waals surface area contributed by atoms with Crippen LogP contribution in [0.25, 0.3) is 21.5 Å². The molecule has 1 N–H and O–H groups in total. The van der Waals surface area contributed by atoms with Crippen LogP contribution in [0.2, 0.25) is 0 Å². The second-order valence-electron chi connectivity index (χ2n) is 7.07. The van der Waals surface area contributed by atoms with E-state index in [0.717, 1.165) is 27.2 Å². The monoisotopic (exact) mass is 510 g/mol. The quantitative estimate of drug-likeness (QED) is 0.326. The van der Waals surface area contributed by atoms with Crippen LogP contribution in [0.15, 0.2) is 71.6 Å². The third kappa shape index (κ3) is 5.82. The summed E-state index contributed by atoms with van der Waals surface area (Å²) < 4.78 is 8.20. The Morgan fingerprint density at radius 1 is 1.24 bits per heavy atom. The van der Waals surface area contributed by atoms with Gasteiger partial charge in [-0.15, -0.1) is 29.7 Å². The second-order valence-corrected chi connectivity index (χ2v) is 9.92. The fraction of sp³-hybridized carbons (Fsp3) is 0.167. The lowest BCUT2D eigenvalue weighted by molar-refractivity contribution is -0.115. The number of methoxy groups -OCH3 is 1. The van der Waals surface area contributed by atoms with Gasteiger partial charge in [0.25, 0.3) is 5.91 Å². The minimum absolute atomic E-state index is 0.103. The zero-order valence-corrected chi connectivity index (χ0v) is 20.8. The normalized spacial score (nSPS) is 11.5. The maximum atomic E-state index is 12.5. The topological polar surface area (TPSA) is 85.6 Å². The molecule has 2 heterocycles. The third-order valence-corrected chi connectivity index (χ3v) is 7.42. The third-order valence-electron chi connectivity index (χ3n) is 4.70. The van der Waals surface area contributed by atoms with Gasteiger partial charge in [0.2, 0.25) is 5.91 Å². The average Bonchev–Trinajstić information content (AvgIpc) is 3.44. The Morgan fingerprint density at radius 3 is 2.82 bits per heavy atom. The molecule has 4 rings (SSSR count). The number of anilines is 1. The Labute approximate surface area is 208 Å². The van der Waals surface area contributed by atoms with Gasteiger partial charge in [-0.25, -0.2) is 4.98 Å². The Hall–Kier alpha value is -3.21. The summed E-state index contributed by atoms with van der Waals surface area (Å²) in [5.41, 5.74) is 2.77. The summed E-state index contributed by atoms with van der Waals surface area (Å²) in [6.07, 6.45) is 1.76. The van der Waals surface area contributed by atoms with Gasteiger partial charge >= 0.3 is 0 Å². The van der Waals surface area contributed by atoms with Crippen LogP contribution in [0.4, 0.5) is 5.13 Å². The van der Waals surface area contributed by atoms with Gasteiger partial charge in [-0.2, -0.15) is 4.99 Å². The van der Waals surface area contributed by atoms with Crippen molar-refractivity contribution in [2.24, 2.45) is 4.99 Å². The SMILES string of the molecule is C=CCn1c(=NC(=O)CSCC(=O)Nc2nc(-c3ccccc3)cs2)sc2cc(OC)ccc21. The van der Waals surface area contributed by atoms with E-state index in [-0.39, 0.29) is 23.3 Å². The standard InChI is InChI=1S/C24H22N4O3S3/c1-3-11-28-19-10-9-17(31-2)12-20(19)34-24(28)27-22(30)15-32-14-21(29)26-23-25-18(13-33-23)16-7-5-4-6-8-16/h3-10,12-13H,1,11,14-15H2,2H3,(H,25,26,29). The van der Waals surface area contributed by atoms with Crippen molar-refractivity contribution in [1.82, 2.24) is 9.55 Å². The fourth-order valence-electron chi connectivity index (χ4n) is 3.17. The number of rotatable bonds is 9. The Morgan fingerprint density at radius 2 is 2.06 bits per heavy atom. The van der Waals surface area contributed by atoms with Crippen LogP contribution in [0.5, 0.6) is 5.75 Å². The summed E-state index contributed by atoms with van der Waals surface area (Å²) in [6.45, 7) is 4.33. The van der Waals surface area contributed by atoms with Crippen LogP contribution in [0, 0.1) is 0 Å². The van der Waals surface area contributed by atoms with E-state index >= 15 is 0 Å². The average molecular weight is 511 g/mol. The first-order valence-electron chi connectivity index (χ1n) is 10.3. The van der Waals surface area contributed by atoms with E-state index in [4.69, 9.17) is 4.74 Å². The fourth-order valence-corrected chi connectivity index (χ4v) is 5.59. The summed E-state index contributed by atoms with van der Waals surface area (Å²) in [7, 11) is 1.62. The molecular formula is C24H22N4O3S3. The molecule has 10 heteroatoms. The van der Waals surface area contributed by atoms with Gasteiger partial charge < -0.3 is 14.6 Å². The number of aromatic nitrogens is 2. The van der Waals surface area contributed by atoms with Gasteiger partial charge in [0.15, 0.2) is 9.93 Å². The lowest BCUT2D eigenvalue weighted by Gasteiger charge is -2.02. The van der Waals surface area contributed by atoms with Crippen molar-refractivity contribution < 1.29 is 14.3 Å². The molecule has 0 aliphatic rings. The summed E-state index contributed by atoms with van der Waals surface area (Å²) in [5.74, 6) is 0.483. The van der Waals surface area contributed by atoms with Gasteiger partial charge in [0.1, 0.15) is 5.75 Å². The number of fused-ring (bicyclic) bond motifs is 1. The number of allylic oxidation sites excluding steroid dienone is 1. The molecule has 2 aromatic carbocycles. The number of nitrogens with one attached hydrogen (secondary N) is 1. The maximum Gasteiger partial charge on any atom is 0.258 e. The number of nitrogens with zero attached hydrogens (tertiary/aromatic N) is 3. The Kier molecular flexibility index (Phi) is 7.94. The summed E-state index contributed by atoms with van der Waals surface area (Å²) in [5, 5.41) is 5.23. The van der Waals surface area contributed by atoms with Crippen LogP contribution < -0.4 is 14.9 Å².